The van der Waals surface area contributed by atoms with Gasteiger partial charge in [0.1, 0.15) is 5.78 Å². The summed E-state index contributed by atoms with van der Waals surface area (Å²) in [7, 11) is 0. The van der Waals surface area contributed by atoms with Crippen molar-refractivity contribution >= 4 is 17.5 Å². The van der Waals surface area contributed by atoms with Crippen molar-refractivity contribution in [3.63, 3.8) is 0 Å². The van der Waals surface area contributed by atoms with Crippen LogP contribution < -0.4 is 0 Å². The SMILES string of the molecule is CC1(C)CC(=O)Cc2cc3c(cc21)C1SCCC1C3. The molecule has 4 rings (SSSR count). The molecule has 0 saturated carbocycles. The van der Waals surface area contributed by atoms with Crippen LogP contribution >= 0.6 is 11.8 Å². The van der Waals surface area contributed by atoms with Crippen LogP contribution in [-0.4, -0.2) is 11.5 Å². The van der Waals surface area contributed by atoms with Gasteiger partial charge in [0.15, 0.2) is 0 Å². The van der Waals surface area contributed by atoms with Crippen LogP contribution in [0.1, 0.15) is 54.2 Å². The molecule has 1 aliphatic heterocycles. The number of hydrogen-bond donors (Lipinski definition) is 0. The Kier molecular flexibility index (Phi) is 2.45. The molecule has 3 aliphatic rings. The van der Waals surface area contributed by atoms with Crippen LogP contribution in [0.5, 0.6) is 0 Å². The molecule has 1 saturated heterocycles. The lowest BCUT2D eigenvalue weighted by molar-refractivity contribution is -0.120. The van der Waals surface area contributed by atoms with Gasteiger partial charge in [-0.1, -0.05) is 26.0 Å². The molecule has 100 valence electrons. The molecule has 0 aromatic heterocycles. The van der Waals surface area contributed by atoms with Gasteiger partial charge in [0.25, 0.3) is 0 Å². The van der Waals surface area contributed by atoms with Crippen molar-refractivity contribution in [2.24, 2.45) is 5.92 Å². The molecular formula is C17H20OS. The lowest BCUT2D eigenvalue weighted by atomic mass is 9.71. The predicted octanol–water partition coefficient (Wildman–Crippen LogP) is 3.83. The van der Waals surface area contributed by atoms with E-state index in [0.717, 1.165) is 11.2 Å². The highest BCUT2D eigenvalue weighted by atomic mass is 32.2. The molecule has 1 aromatic rings. The molecule has 1 fully saturated rings. The third-order valence-corrected chi connectivity index (χ3v) is 6.59. The van der Waals surface area contributed by atoms with Gasteiger partial charge in [-0.3, -0.25) is 4.79 Å². The van der Waals surface area contributed by atoms with Crippen LogP contribution in [0, 0.1) is 5.92 Å². The van der Waals surface area contributed by atoms with Crippen molar-refractivity contribution in [2.45, 2.75) is 50.2 Å². The number of Topliss-reactive ketones (excluding diaryl/α,β-unsaturated/α-hetero) is 1. The van der Waals surface area contributed by atoms with Gasteiger partial charge in [-0.15, -0.1) is 0 Å². The lowest BCUT2D eigenvalue weighted by Gasteiger charge is -2.32. The monoisotopic (exact) mass is 272 g/mol. The third kappa shape index (κ3) is 1.72. The first-order valence-corrected chi connectivity index (χ1v) is 8.39. The minimum absolute atomic E-state index is 0.0288. The van der Waals surface area contributed by atoms with Gasteiger partial charge in [0.05, 0.1) is 0 Å². The first-order chi connectivity index (χ1) is 9.04. The fourth-order valence-electron chi connectivity index (χ4n) is 4.26. The number of rotatable bonds is 0. The summed E-state index contributed by atoms with van der Waals surface area (Å²) in [4.78, 5) is 11.9. The number of benzene rings is 1. The highest BCUT2D eigenvalue weighted by molar-refractivity contribution is 7.99. The van der Waals surface area contributed by atoms with Crippen molar-refractivity contribution in [2.75, 3.05) is 5.75 Å². The standard InChI is InChI=1S/C17H20OS/c1-17(2)9-13(18)7-12-6-11-5-10-3-4-19-16(10)14(11)8-15(12)17/h6,8,10,16H,3-5,7,9H2,1-2H3. The van der Waals surface area contributed by atoms with E-state index in [0.29, 0.717) is 18.6 Å². The predicted molar refractivity (Wildman–Crippen MR) is 79.8 cm³/mol. The minimum atomic E-state index is 0.0288. The largest absolute Gasteiger partial charge is 0.299 e. The van der Waals surface area contributed by atoms with Crippen molar-refractivity contribution in [1.82, 2.24) is 0 Å². The van der Waals surface area contributed by atoms with E-state index in [9.17, 15) is 4.79 Å². The molecule has 0 amide bonds. The molecule has 0 bridgehead atoms. The first-order valence-electron chi connectivity index (χ1n) is 7.34. The topological polar surface area (TPSA) is 17.1 Å². The van der Waals surface area contributed by atoms with Gasteiger partial charge in [-0.05, 0) is 52.2 Å². The maximum absolute atomic E-state index is 11.9. The maximum atomic E-state index is 11.9. The van der Waals surface area contributed by atoms with E-state index >= 15 is 0 Å². The maximum Gasteiger partial charge on any atom is 0.138 e. The molecule has 2 unspecified atom stereocenters. The summed E-state index contributed by atoms with van der Waals surface area (Å²) < 4.78 is 0. The Hall–Kier alpha value is -0.760. The fraction of sp³-hybridized carbons (Fsp3) is 0.588. The Morgan fingerprint density at radius 1 is 1.26 bits per heavy atom. The van der Waals surface area contributed by atoms with E-state index in [1.165, 1.54) is 35.3 Å². The van der Waals surface area contributed by atoms with Crippen LogP contribution in [0.2, 0.25) is 0 Å². The summed E-state index contributed by atoms with van der Waals surface area (Å²) >= 11 is 2.14. The molecule has 2 aliphatic carbocycles. The first kappa shape index (κ1) is 12.0. The van der Waals surface area contributed by atoms with E-state index in [2.05, 4.69) is 37.7 Å². The summed E-state index contributed by atoms with van der Waals surface area (Å²) in [6.07, 6.45) is 3.99. The van der Waals surface area contributed by atoms with Gasteiger partial charge in [0.2, 0.25) is 0 Å². The van der Waals surface area contributed by atoms with Crippen LogP contribution in [0.4, 0.5) is 0 Å². The minimum Gasteiger partial charge on any atom is -0.299 e. The number of ketones is 1. The molecule has 0 spiro atoms. The fourth-order valence-corrected chi connectivity index (χ4v) is 5.86. The smallest absolute Gasteiger partial charge is 0.138 e. The average Bonchev–Trinajstić information content (AvgIpc) is 2.85. The van der Waals surface area contributed by atoms with Crippen molar-refractivity contribution in [1.29, 1.82) is 0 Å². The Morgan fingerprint density at radius 2 is 2.11 bits per heavy atom. The van der Waals surface area contributed by atoms with Crippen LogP contribution in [0.25, 0.3) is 0 Å². The van der Waals surface area contributed by atoms with Gasteiger partial charge in [0, 0.05) is 18.1 Å². The Morgan fingerprint density at radius 3 is 2.95 bits per heavy atom. The van der Waals surface area contributed by atoms with Gasteiger partial charge < -0.3 is 0 Å². The molecular weight excluding hydrogens is 252 g/mol. The summed E-state index contributed by atoms with van der Waals surface area (Å²) in [5.74, 6) is 2.60. The lowest BCUT2D eigenvalue weighted by Crippen LogP contribution is -2.30. The molecule has 1 nitrogen and oxygen atoms in total. The van der Waals surface area contributed by atoms with Gasteiger partial charge in [-0.2, -0.15) is 11.8 Å². The molecule has 1 aromatic carbocycles. The Bertz CT molecular complexity index is 573. The van der Waals surface area contributed by atoms with E-state index < -0.39 is 0 Å². The number of thioether (sulfide) groups is 1. The molecule has 0 radical (unpaired) electrons. The molecule has 2 atom stereocenters. The molecule has 1 heterocycles. The second-order valence-corrected chi connectivity index (χ2v) is 8.28. The number of carbonyl (C=O) groups excluding carboxylic acids is 1. The normalized spacial score (nSPS) is 30.9. The highest BCUT2D eigenvalue weighted by Crippen LogP contribution is 2.53. The van der Waals surface area contributed by atoms with Crippen molar-refractivity contribution in [3.05, 3.63) is 34.4 Å². The zero-order valence-corrected chi connectivity index (χ0v) is 12.5. The number of hydrogen-bond acceptors (Lipinski definition) is 2. The van der Waals surface area contributed by atoms with Crippen LogP contribution in [-0.2, 0) is 23.1 Å². The molecule has 2 heteroatoms. The Balaban J connectivity index is 1.86. The second kappa shape index (κ2) is 3.88. The average molecular weight is 272 g/mol. The molecule has 19 heavy (non-hydrogen) atoms. The van der Waals surface area contributed by atoms with Gasteiger partial charge in [-0.25, -0.2) is 0 Å². The number of carbonyl (C=O) groups is 1. The van der Waals surface area contributed by atoms with Crippen LogP contribution in [0.3, 0.4) is 0 Å². The summed E-state index contributed by atoms with van der Waals surface area (Å²) in [5.41, 5.74) is 5.91. The summed E-state index contributed by atoms with van der Waals surface area (Å²) in [5, 5.41) is 0.744. The summed E-state index contributed by atoms with van der Waals surface area (Å²) in [6, 6.07) is 4.82. The summed E-state index contributed by atoms with van der Waals surface area (Å²) in [6.45, 7) is 4.45. The number of fused-ring (bicyclic) bond motifs is 4. The van der Waals surface area contributed by atoms with E-state index in [4.69, 9.17) is 0 Å². The van der Waals surface area contributed by atoms with E-state index in [1.54, 1.807) is 5.56 Å². The highest BCUT2D eigenvalue weighted by Gasteiger charge is 2.40. The quantitative estimate of drug-likeness (QED) is 0.714. The Labute approximate surface area is 119 Å². The third-order valence-electron chi connectivity index (χ3n) is 5.12. The second-order valence-electron chi connectivity index (χ2n) is 7.03. The molecule has 0 N–H and O–H groups in total. The van der Waals surface area contributed by atoms with Crippen LogP contribution in [0.15, 0.2) is 12.1 Å². The van der Waals surface area contributed by atoms with E-state index in [1.807, 2.05) is 0 Å². The van der Waals surface area contributed by atoms with E-state index in [-0.39, 0.29) is 5.41 Å². The van der Waals surface area contributed by atoms with Gasteiger partial charge >= 0.3 is 0 Å². The van der Waals surface area contributed by atoms with Crippen molar-refractivity contribution in [3.8, 4) is 0 Å². The zero-order valence-electron chi connectivity index (χ0n) is 11.7. The van der Waals surface area contributed by atoms with Crippen molar-refractivity contribution < 1.29 is 4.79 Å². The zero-order chi connectivity index (χ0) is 13.2.